The van der Waals surface area contributed by atoms with Gasteiger partial charge in [-0.1, -0.05) is 29.8 Å². The summed E-state index contributed by atoms with van der Waals surface area (Å²) < 4.78 is 1.55. The van der Waals surface area contributed by atoms with Gasteiger partial charge in [-0.2, -0.15) is 5.10 Å². The Morgan fingerprint density at radius 3 is 2.88 bits per heavy atom. The van der Waals surface area contributed by atoms with Crippen LogP contribution in [0.1, 0.15) is 23.0 Å². The molecule has 3 N–H and O–H groups in total. The molecule has 8 nitrogen and oxygen atoms in total. The lowest BCUT2D eigenvalue weighted by Gasteiger charge is -2.17. The molecule has 0 radical (unpaired) electrons. The predicted molar refractivity (Wildman–Crippen MR) is 97.1 cm³/mol. The van der Waals surface area contributed by atoms with Gasteiger partial charge in [-0.15, -0.1) is 0 Å². The Balaban J connectivity index is 1.66. The Morgan fingerprint density at radius 2 is 2.15 bits per heavy atom. The van der Waals surface area contributed by atoms with Gasteiger partial charge in [0.2, 0.25) is 0 Å². The van der Waals surface area contributed by atoms with Crippen molar-refractivity contribution in [1.29, 1.82) is 0 Å². The van der Waals surface area contributed by atoms with Crippen molar-refractivity contribution in [3.8, 4) is 5.82 Å². The number of aromatic nitrogens is 4. The third-order valence-electron chi connectivity index (χ3n) is 3.77. The van der Waals surface area contributed by atoms with E-state index in [1.807, 2.05) is 31.2 Å². The minimum Gasteiger partial charge on any atom is -0.394 e. The molecule has 0 spiro atoms. The second-order valence-electron chi connectivity index (χ2n) is 5.88. The molecule has 26 heavy (non-hydrogen) atoms. The van der Waals surface area contributed by atoms with Crippen LogP contribution < -0.4 is 10.6 Å². The van der Waals surface area contributed by atoms with Gasteiger partial charge in [0.1, 0.15) is 5.82 Å². The molecule has 2 amide bonds. The molecular weight excluding hydrogens is 332 g/mol. The van der Waals surface area contributed by atoms with E-state index in [1.165, 1.54) is 6.20 Å². The first-order valence-electron chi connectivity index (χ1n) is 8.15. The number of anilines is 1. The van der Waals surface area contributed by atoms with Crippen LogP contribution in [0.2, 0.25) is 0 Å². The van der Waals surface area contributed by atoms with E-state index in [9.17, 15) is 9.90 Å². The first kappa shape index (κ1) is 17.6. The van der Waals surface area contributed by atoms with Gasteiger partial charge >= 0.3 is 6.03 Å². The highest BCUT2D eigenvalue weighted by Crippen LogP contribution is 2.15. The number of carbonyl (C=O) groups excluding carboxylic acids is 1. The molecule has 0 aliphatic carbocycles. The number of aliphatic hydroxyl groups excluding tert-OH is 1. The molecule has 2 aromatic heterocycles. The van der Waals surface area contributed by atoms with Gasteiger partial charge in [-0.05, 0) is 19.4 Å². The SMILES string of the molecule is Cc1cccc([C@@H](CO)NC(=O)Nc2cnn(-c3ccnc(C)n3)c2)c1. The topological polar surface area (TPSA) is 105 Å². The number of benzene rings is 1. The summed E-state index contributed by atoms with van der Waals surface area (Å²) in [5.74, 6) is 1.24. The maximum absolute atomic E-state index is 12.2. The minimum absolute atomic E-state index is 0.198. The Labute approximate surface area is 150 Å². The number of nitrogens with zero attached hydrogens (tertiary/aromatic N) is 4. The van der Waals surface area contributed by atoms with E-state index in [0.29, 0.717) is 17.3 Å². The van der Waals surface area contributed by atoms with Crippen molar-refractivity contribution in [2.45, 2.75) is 19.9 Å². The number of hydrogen-bond acceptors (Lipinski definition) is 5. The lowest BCUT2D eigenvalue weighted by atomic mass is 10.1. The highest BCUT2D eigenvalue weighted by molar-refractivity contribution is 5.89. The predicted octanol–water partition coefficient (Wildman–Crippen LogP) is 2.13. The average molecular weight is 352 g/mol. The Bertz CT molecular complexity index is 908. The standard InChI is InChI=1S/C18H20N6O2/c1-12-4-3-5-14(8-12)16(11-25)23-18(26)22-15-9-20-24(10-15)17-6-7-19-13(2)21-17/h3-10,16,25H,11H2,1-2H3,(H2,22,23,26)/t16-/m1/s1. The van der Waals surface area contributed by atoms with Crippen molar-refractivity contribution >= 4 is 11.7 Å². The summed E-state index contributed by atoms with van der Waals surface area (Å²) in [6.07, 6.45) is 4.83. The molecule has 8 heteroatoms. The molecule has 0 bridgehead atoms. The molecular formula is C18H20N6O2. The normalized spacial score (nSPS) is 11.8. The summed E-state index contributed by atoms with van der Waals surface area (Å²) in [6.45, 7) is 3.55. The van der Waals surface area contributed by atoms with Gasteiger partial charge in [0.15, 0.2) is 5.82 Å². The van der Waals surface area contributed by atoms with Crippen LogP contribution >= 0.6 is 0 Å². The number of nitrogens with one attached hydrogen (secondary N) is 2. The Morgan fingerprint density at radius 1 is 1.31 bits per heavy atom. The van der Waals surface area contributed by atoms with Crippen molar-refractivity contribution in [2.24, 2.45) is 0 Å². The summed E-state index contributed by atoms with van der Waals surface area (Å²) in [5.41, 5.74) is 2.42. The molecule has 2 heterocycles. The number of hydrogen-bond donors (Lipinski definition) is 3. The molecule has 0 unspecified atom stereocenters. The lowest BCUT2D eigenvalue weighted by molar-refractivity contribution is 0.225. The molecule has 1 aromatic carbocycles. The van der Waals surface area contributed by atoms with Crippen LogP contribution in [-0.4, -0.2) is 37.5 Å². The molecule has 0 aliphatic rings. The monoisotopic (exact) mass is 352 g/mol. The van der Waals surface area contributed by atoms with Gasteiger partial charge in [-0.3, -0.25) is 0 Å². The van der Waals surface area contributed by atoms with Crippen LogP contribution in [0.4, 0.5) is 10.5 Å². The number of urea groups is 1. The first-order valence-corrected chi connectivity index (χ1v) is 8.15. The van der Waals surface area contributed by atoms with Crippen molar-refractivity contribution in [3.05, 3.63) is 65.9 Å². The molecule has 0 saturated carbocycles. The molecule has 0 fully saturated rings. The molecule has 3 aromatic rings. The highest BCUT2D eigenvalue weighted by atomic mass is 16.3. The van der Waals surface area contributed by atoms with E-state index in [0.717, 1.165) is 11.1 Å². The van der Waals surface area contributed by atoms with Gasteiger partial charge < -0.3 is 15.7 Å². The summed E-state index contributed by atoms with van der Waals surface area (Å²) in [6, 6.07) is 8.45. The van der Waals surface area contributed by atoms with Gasteiger partial charge in [0.25, 0.3) is 0 Å². The average Bonchev–Trinajstić information content (AvgIpc) is 3.08. The minimum atomic E-state index is -0.491. The van der Waals surface area contributed by atoms with Crippen LogP contribution in [0.3, 0.4) is 0 Å². The molecule has 0 saturated heterocycles. The quantitative estimate of drug-likeness (QED) is 0.652. The summed E-state index contributed by atoms with van der Waals surface area (Å²) in [4.78, 5) is 20.6. The summed E-state index contributed by atoms with van der Waals surface area (Å²) in [5, 5.41) is 19.2. The van der Waals surface area contributed by atoms with E-state index in [-0.39, 0.29) is 6.61 Å². The highest BCUT2D eigenvalue weighted by Gasteiger charge is 2.14. The fraction of sp³-hybridized carbons (Fsp3) is 0.222. The number of carbonyl (C=O) groups is 1. The maximum Gasteiger partial charge on any atom is 0.319 e. The van der Waals surface area contributed by atoms with Crippen molar-refractivity contribution in [1.82, 2.24) is 25.1 Å². The third-order valence-corrected chi connectivity index (χ3v) is 3.77. The Hall–Kier alpha value is -3.26. The van der Waals surface area contributed by atoms with Crippen LogP contribution in [0, 0.1) is 13.8 Å². The third kappa shape index (κ3) is 4.22. The van der Waals surface area contributed by atoms with Crippen LogP contribution in [0.15, 0.2) is 48.9 Å². The zero-order valence-corrected chi connectivity index (χ0v) is 14.5. The largest absolute Gasteiger partial charge is 0.394 e. The van der Waals surface area contributed by atoms with E-state index < -0.39 is 12.1 Å². The van der Waals surface area contributed by atoms with Crippen molar-refractivity contribution in [2.75, 3.05) is 11.9 Å². The fourth-order valence-electron chi connectivity index (χ4n) is 2.53. The van der Waals surface area contributed by atoms with E-state index >= 15 is 0 Å². The number of amides is 2. The van der Waals surface area contributed by atoms with Gasteiger partial charge in [0, 0.05) is 12.3 Å². The lowest BCUT2D eigenvalue weighted by Crippen LogP contribution is -2.34. The zero-order chi connectivity index (χ0) is 18.5. The van der Waals surface area contributed by atoms with Crippen molar-refractivity contribution < 1.29 is 9.90 Å². The molecule has 0 aliphatic heterocycles. The molecule has 3 rings (SSSR count). The van der Waals surface area contributed by atoms with Gasteiger partial charge in [0.05, 0.1) is 30.7 Å². The number of rotatable bonds is 5. The van der Waals surface area contributed by atoms with Gasteiger partial charge in [-0.25, -0.2) is 19.4 Å². The van der Waals surface area contributed by atoms with E-state index in [4.69, 9.17) is 0 Å². The van der Waals surface area contributed by atoms with E-state index in [1.54, 1.807) is 30.1 Å². The van der Waals surface area contributed by atoms with E-state index in [2.05, 4.69) is 25.7 Å². The summed E-state index contributed by atoms with van der Waals surface area (Å²) in [7, 11) is 0. The first-order chi connectivity index (χ1) is 12.5. The van der Waals surface area contributed by atoms with Crippen LogP contribution in [-0.2, 0) is 0 Å². The molecule has 1 atom stereocenters. The summed E-state index contributed by atoms with van der Waals surface area (Å²) >= 11 is 0. The van der Waals surface area contributed by atoms with Crippen LogP contribution in [0.25, 0.3) is 5.82 Å². The second-order valence-corrected chi connectivity index (χ2v) is 5.88. The van der Waals surface area contributed by atoms with Crippen LogP contribution in [0.5, 0.6) is 0 Å². The second kappa shape index (κ2) is 7.75. The zero-order valence-electron chi connectivity index (χ0n) is 14.5. The van der Waals surface area contributed by atoms with Crippen molar-refractivity contribution in [3.63, 3.8) is 0 Å². The smallest absolute Gasteiger partial charge is 0.319 e. The fourth-order valence-corrected chi connectivity index (χ4v) is 2.53. The maximum atomic E-state index is 12.2. The molecule has 134 valence electrons. The number of aliphatic hydroxyl groups is 1. The Kier molecular flexibility index (Phi) is 5.23. The number of aryl methyl sites for hydroxylation is 2.